The minimum Gasteiger partial charge on any atom is -0.347 e. The molecule has 0 unspecified atom stereocenters. The number of nitrogens with zero attached hydrogens (tertiary/aromatic N) is 5. The molecule has 0 radical (unpaired) electrons. The fraction of sp³-hybridized carbons (Fsp3) is 0.333. The Morgan fingerprint density at radius 2 is 1.84 bits per heavy atom. The van der Waals surface area contributed by atoms with Crippen LogP contribution in [-0.2, 0) is 13.1 Å². The molecule has 25 heavy (non-hydrogen) atoms. The molecule has 3 aromatic rings. The Morgan fingerprint density at radius 1 is 1.12 bits per heavy atom. The molecule has 1 atom stereocenters. The summed E-state index contributed by atoms with van der Waals surface area (Å²) < 4.78 is 1.99. The van der Waals surface area contributed by atoms with Crippen molar-refractivity contribution in [3.05, 3.63) is 66.5 Å². The number of carbonyl (C=O) groups excluding carboxylic acids is 1. The lowest BCUT2D eigenvalue weighted by Crippen LogP contribution is -2.42. The van der Waals surface area contributed by atoms with Crippen molar-refractivity contribution in [1.29, 1.82) is 0 Å². The fourth-order valence-electron chi connectivity index (χ4n) is 2.54. The second-order valence-corrected chi connectivity index (χ2v) is 6.34. The van der Waals surface area contributed by atoms with E-state index in [9.17, 15) is 4.79 Å². The van der Waals surface area contributed by atoms with Crippen molar-refractivity contribution in [3.63, 3.8) is 0 Å². The Bertz CT molecular complexity index is 778. The van der Waals surface area contributed by atoms with Gasteiger partial charge in [-0.2, -0.15) is 15.0 Å². The molecule has 1 amide bonds. The summed E-state index contributed by atoms with van der Waals surface area (Å²) in [5.41, 5.74) is 1.77. The number of imidazole rings is 1. The molecule has 1 N–H and O–H groups in total. The van der Waals surface area contributed by atoms with Crippen molar-refractivity contribution in [1.82, 2.24) is 29.9 Å². The van der Waals surface area contributed by atoms with E-state index in [-0.39, 0.29) is 17.9 Å². The third-order valence-electron chi connectivity index (χ3n) is 4.09. The molecule has 0 aliphatic heterocycles. The lowest BCUT2D eigenvalue weighted by molar-refractivity contribution is 0.0918. The zero-order valence-electron chi connectivity index (χ0n) is 14.4. The van der Waals surface area contributed by atoms with Gasteiger partial charge in [-0.3, -0.25) is 4.79 Å². The smallest absolute Gasteiger partial charge is 0.251 e. The van der Waals surface area contributed by atoms with Crippen LogP contribution in [0.1, 0.15) is 29.8 Å². The van der Waals surface area contributed by atoms with E-state index in [0.717, 1.165) is 12.1 Å². The molecule has 1 aromatic carbocycles. The molecule has 7 nitrogen and oxygen atoms in total. The Hall–Kier alpha value is -2.96. The Labute approximate surface area is 146 Å². The van der Waals surface area contributed by atoms with Gasteiger partial charge in [-0.25, -0.2) is 4.98 Å². The van der Waals surface area contributed by atoms with Crippen LogP contribution in [0.4, 0.5) is 0 Å². The van der Waals surface area contributed by atoms with Gasteiger partial charge in [0.05, 0.1) is 31.3 Å². The van der Waals surface area contributed by atoms with E-state index in [1.54, 1.807) is 29.7 Å². The van der Waals surface area contributed by atoms with E-state index in [1.165, 1.54) is 0 Å². The lowest BCUT2D eigenvalue weighted by Gasteiger charge is -2.22. The number of carbonyl (C=O) groups is 1. The van der Waals surface area contributed by atoms with Gasteiger partial charge in [0.25, 0.3) is 5.91 Å². The number of aromatic nitrogens is 5. The molecule has 2 heterocycles. The van der Waals surface area contributed by atoms with Crippen LogP contribution in [-0.4, -0.2) is 36.5 Å². The number of nitrogens with one attached hydrogen (secondary N) is 1. The average Bonchev–Trinajstić information content (AvgIpc) is 3.28. The zero-order valence-corrected chi connectivity index (χ0v) is 14.4. The van der Waals surface area contributed by atoms with Crippen LogP contribution >= 0.6 is 0 Å². The molecular formula is C18H22N6O. The summed E-state index contributed by atoms with van der Waals surface area (Å²) >= 11 is 0. The largest absolute Gasteiger partial charge is 0.347 e. The maximum Gasteiger partial charge on any atom is 0.251 e. The SMILES string of the molecule is CC(C)[C@@H](Cn1nccn1)NC(=O)c1ccc(Cn2ccnc2)cc1. The van der Waals surface area contributed by atoms with Gasteiger partial charge in [-0.1, -0.05) is 26.0 Å². The van der Waals surface area contributed by atoms with Gasteiger partial charge in [0.2, 0.25) is 0 Å². The summed E-state index contributed by atoms with van der Waals surface area (Å²) in [4.78, 5) is 18.2. The number of rotatable bonds is 7. The summed E-state index contributed by atoms with van der Waals surface area (Å²) in [6.45, 7) is 5.43. The molecule has 3 rings (SSSR count). The predicted octanol–water partition coefficient (Wildman–Crippen LogP) is 1.98. The Kier molecular flexibility index (Phi) is 5.23. The van der Waals surface area contributed by atoms with Crippen LogP contribution in [0.15, 0.2) is 55.4 Å². The zero-order chi connectivity index (χ0) is 17.6. The summed E-state index contributed by atoms with van der Waals surface area (Å²) in [7, 11) is 0. The van der Waals surface area contributed by atoms with Crippen LogP contribution in [0, 0.1) is 5.92 Å². The van der Waals surface area contributed by atoms with Crippen molar-refractivity contribution in [3.8, 4) is 0 Å². The topological polar surface area (TPSA) is 77.6 Å². The van der Waals surface area contributed by atoms with Crippen molar-refractivity contribution >= 4 is 5.91 Å². The van der Waals surface area contributed by atoms with E-state index in [1.807, 2.05) is 35.0 Å². The van der Waals surface area contributed by atoms with Gasteiger partial charge >= 0.3 is 0 Å². The van der Waals surface area contributed by atoms with Gasteiger partial charge in [0.1, 0.15) is 0 Å². The maximum absolute atomic E-state index is 12.5. The molecule has 0 aliphatic carbocycles. The highest BCUT2D eigenvalue weighted by atomic mass is 16.1. The third kappa shape index (κ3) is 4.53. The van der Waals surface area contributed by atoms with Crippen molar-refractivity contribution in [2.75, 3.05) is 0 Å². The van der Waals surface area contributed by atoms with Gasteiger partial charge in [0.15, 0.2) is 0 Å². The van der Waals surface area contributed by atoms with Crippen LogP contribution in [0.2, 0.25) is 0 Å². The van der Waals surface area contributed by atoms with Crippen LogP contribution in [0.5, 0.6) is 0 Å². The number of amides is 1. The first-order valence-electron chi connectivity index (χ1n) is 8.31. The normalized spacial score (nSPS) is 12.3. The van der Waals surface area contributed by atoms with Crippen LogP contribution in [0.3, 0.4) is 0 Å². The molecule has 0 saturated carbocycles. The average molecular weight is 338 g/mol. The highest BCUT2D eigenvalue weighted by Crippen LogP contribution is 2.09. The molecule has 0 fully saturated rings. The quantitative estimate of drug-likeness (QED) is 0.714. The minimum atomic E-state index is -0.0833. The van der Waals surface area contributed by atoms with E-state index in [2.05, 4.69) is 34.3 Å². The minimum absolute atomic E-state index is 0.0366. The lowest BCUT2D eigenvalue weighted by atomic mass is 10.0. The van der Waals surface area contributed by atoms with Crippen LogP contribution in [0.25, 0.3) is 0 Å². The van der Waals surface area contributed by atoms with Crippen molar-refractivity contribution in [2.24, 2.45) is 5.92 Å². The van der Waals surface area contributed by atoms with Gasteiger partial charge in [-0.15, -0.1) is 0 Å². The maximum atomic E-state index is 12.5. The monoisotopic (exact) mass is 338 g/mol. The first-order chi connectivity index (χ1) is 12.1. The van der Waals surface area contributed by atoms with Gasteiger partial charge in [0, 0.05) is 24.5 Å². The first-order valence-corrected chi connectivity index (χ1v) is 8.31. The van der Waals surface area contributed by atoms with Gasteiger partial charge in [-0.05, 0) is 23.6 Å². The third-order valence-corrected chi connectivity index (χ3v) is 4.09. The first kappa shape index (κ1) is 16.9. The number of benzene rings is 1. The van der Waals surface area contributed by atoms with E-state index in [0.29, 0.717) is 12.1 Å². The molecule has 7 heteroatoms. The highest BCUT2D eigenvalue weighted by Gasteiger charge is 2.18. The Balaban J connectivity index is 1.63. The number of hydrogen-bond donors (Lipinski definition) is 1. The standard InChI is InChI=1S/C18H22N6O/c1-14(2)17(12-24-20-7-8-21-24)22-18(25)16-5-3-15(4-6-16)11-23-10-9-19-13-23/h3-10,13-14,17H,11-12H2,1-2H3,(H,22,25)/t17-/m1/s1. The molecule has 0 bridgehead atoms. The molecule has 0 saturated heterocycles. The van der Waals surface area contributed by atoms with E-state index in [4.69, 9.17) is 0 Å². The summed E-state index contributed by atoms with van der Waals surface area (Å²) in [6.07, 6.45) is 8.72. The van der Waals surface area contributed by atoms with E-state index >= 15 is 0 Å². The molecule has 0 aliphatic rings. The molecule has 0 spiro atoms. The summed E-state index contributed by atoms with van der Waals surface area (Å²) in [5.74, 6) is 0.190. The Morgan fingerprint density at radius 3 is 2.44 bits per heavy atom. The molecular weight excluding hydrogens is 316 g/mol. The molecule has 130 valence electrons. The second-order valence-electron chi connectivity index (χ2n) is 6.34. The van der Waals surface area contributed by atoms with Crippen LogP contribution < -0.4 is 5.32 Å². The second kappa shape index (κ2) is 7.74. The van der Waals surface area contributed by atoms with Gasteiger partial charge < -0.3 is 9.88 Å². The van der Waals surface area contributed by atoms with E-state index < -0.39 is 0 Å². The predicted molar refractivity (Wildman–Crippen MR) is 93.9 cm³/mol. The van der Waals surface area contributed by atoms with Crippen molar-refractivity contribution < 1.29 is 4.79 Å². The number of hydrogen-bond acceptors (Lipinski definition) is 4. The fourth-order valence-corrected chi connectivity index (χ4v) is 2.54. The van der Waals surface area contributed by atoms with Crippen molar-refractivity contribution in [2.45, 2.75) is 33.0 Å². The highest BCUT2D eigenvalue weighted by molar-refractivity contribution is 5.94. The summed E-state index contributed by atoms with van der Waals surface area (Å²) in [5, 5.41) is 11.3. The molecule has 2 aromatic heterocycles. The summed E-state index contributed by atoms with van der Waals surface area (Å²) in [6, 6.07) is 7.60.